The second kappa shape index (κ2) is 5.38. The van der Waals surface area contributed by atoms with Crippen LogP contribution in [-0.2, 0) is 17.4 Å². The van der Waals surface area contributed by atoms with Gasteiger partial charge in [0.05, 0.1) is 5.69 Å². The van der Waals surface area contributed by atoms with Crippen LogP contribution in [0.1, 0.15) is 18.2 Å². The molecule has 0 fully saturated rings. The lowest BCUT2D eigenvalue weighted by atomic mass is 9.92. The number of anilines is 1. The zero-order valence-corrected chi connectivity index (χ0v) is 13.2. The molecule has 3 N–H and O–H groups in total. The Kier molecular flexibility index (Phi) is 3.96. The molecule has 1 atom stereocenters. The fourth-order valence-corrected chi connectivity index (χ4v) is 2.17. The Morgan fingerprint density at radius 3 is 2.50 bits per heavy atom. The molecule has 0 aliphatic rings. The van der Waals surface area contributed by atoms with Crippen LogP contribution in [0.2, 0.25) is 0 Å². The first kappa shape index (κ1) is 14.7. The van der Waals surface area contributed by atoms with Gasteiger partial charge in [-0.1, -0.05) is 28.1 Å². The fraction of sp³-hybridized carbons (Fsp3) is 0.286. The summed E-state index contributed by atoms with van der Waals surface area (Å²) in [4.78, 5) is 12.4. The Bertz CT molecular complexity index is 631. The van der Waals surface area contributed by atoms with Crippen LogP contribution in [0.25, 0.3) is 0 Å². The molecule has 1 amide bonds. The quantitative estimate of drug-likeness (QED) is 0.903. The van der Waals surface area contributed by atoms with Crippen molar-refractivity contribution in [2.75, 3.05) is 5.32 Å². The lowest BCUT2D eigenvalue weighted by Crippen LogP contribution is -2.45. The number of rotatable bonds is 3. The summed E-state index contributed by atoms with van der Waals surface area (Å²) >= 11 is 3.36. The van der Waals surface area contributed by atoms with Gasteiger partial charge in [-0.15, -0.1) is 0 Å². The van der Waals surface area contributed by atoms with Crippen molar-refractivity contribution in [3.63, 3.8) is 0 Å². The number of amides is 1. The molecule has 0 bridgehead atoms. The number of nitrogens with zero attached hydrogens (tertiary/aromatic N) is 2. The van der Waals surface area contributed by atoms with Crippen molar-refractivity contribution >= 4 is 27.7 Å². The third-order valence-corrected chi connectivity index (χ3v) is 3.69. The third-order valence-electron chi connectivity index (χ3n) is 3.16. The number of nitrogens with one attached hydrogen (secondary N) is 1. The molecular formula is C14H17BrN4O. The van der Waals surface area contributed by atoms with E-state index in [4.69, 9.17) is 5.73 Å². The van der Waals surface area contributed by atoms with Gasteiger partial charge in [-0.25, -0.2) is 0 Å². The number of hydrogen-bond acceptors (Lipinski definition) is 3. The zero-order chi connectivity index (χ0) is 14.9. The van der Waals surface area contributed by atoms with Gasteiger partial charge in [-0.05, 0) is 31.5 Å². The van der Waals surface area contributed by atoms with Gasteiger partial charge in [0.15, 0.2) is 0 Å². The molecule has 1 aromatic carbocycles. The number of benzene rings is 1. The highest BCUT2D eigenvalue weighted by Gasteiger charge is 2.31. The molecule has 6 heteroatoms. The molecule has 5 nitrogen and oxygen atoms in total. The Morgan fingerprint density at radius 1 is 1.40 bits per heavy atom. The largest absolute Gasteiger partial charge is 0.314 e. The van der Waals surface area contributed by atoms with E-state index in [2.05, 4.69) is 26.3 Å². The first-order chi connectivity index (χ1) is 9.30. The van der Waals surface area contributed by atoms with Gasteiger partial charge in [0, 0.05) is 17.6 Å². The average molecular weight is 337 g/mol. The Labute approximate surface area is 126 Å². The fourth-order valence-electron chi connectivity index (χ4n) is 1.90. The van der Waals surface area contributed by atoms with Crippen molar-refractivity contribution in [3.05, 3.63) is 46.1 Å². The molecule has 0 spiro atoms. The molecule has 106 valence electrons. The zero-order valence-electron chi connectivity index (χ0n) is 11.6. The summed E-state index contributed by atoms with van der Waals surface area (Å²) in [5, 5.41) is 6.99. The van der Waals surface area contributed by atoms with Crippen molar-refractivity contribution in [3.8, 4) is 0 Å². The predicted molar refractivity (Wildman–Crippen MR) is 82.3 cm³/mol. The number of nitrogens with two attached hydrogens (primary N) is 1. The van der Waals surface area contributed by atoms with E-state index in [0.29, 0.717) is 5.82 Å². The molecule has 1 heterocycles. The Hall–Kier alpha value is -1.66. The molecular weight excluding hydrogens is 320 g/mol. The topological polar surface area (TPSA) is 72.9 Å². The molecule has 20 heavy (non-hydrogen) atoms. The minimum Gasteiger partial charge on any atom is -0.314 e. The highest BCUT2D eigenvalue weighted by molar-refractivity contribution is 9.10. The molecule has 1 aromatic heterocycles. The van der Waals surface area contributed by atoms with E-state index in [-0.39, 0.29) is 5.91 Å². The van der Waals surface area contributed by atoms with Gasteiger partial charge in [-0.2, -0.15) is 5.10 Å². The highest BCUT2D eigenvalue weighted by Crippen LogP contribution is 2.22. The highest BCUT2D eigenvalue weighted by atomic mass is 79.9. The van der Waals surface area contributed by atoms with E-state index in [9.17, 15) is 4.79 Å². The van der Waals surface area contributed by atoms with Crippen LogP contribution >= 0.6 is 15.9 Å². The van der Waals surface area contributed by atoms with Gasteiger partial charge in [0.1, 0.15) is 11.4 Å². The second-order valence-corrected chi connectivity index (χ2v) is 5.87. The summed E-state index contributed by atoms with van der Waals surface area (Å²) in [6.07, 6.45) is 0. The predicted octanol–water partition coefficient (Wildman–Crippen LogP) is 2.30. The molecule has 0 saturated carbocycles. The number of carbonyl (C=O) groups is 1. The van der Waals surface area contributed by atoms with E-state index in [1.807, 2.05) is 31.2 Å². The van der Waals surface area contributed by atoms with Gasteiger partial charge in [0.25, 0.3) is 0 Å². The van der Waals surface area contributed by atoms with Crippen molar-refractivity contribution in [1.82, 2.24) is 9.78 Å². The Balaban J connectivity index is 2.23. The molecule has 0 aliphatic heterocycles. The first-order valence-corrected chi connectivity index (χ1v) is 6.97. The summed E-state index contributed by atoms with van der Waals surface area (Å²) in [5.74, 6) is 0.351. The van der Waals surface area contributed by atoms with Crippen molar-refractivity contribution < 1.29 is 4.79 Å². The van der Waals surface area contributed by atoms with Gasteiger partial charge < -0.3 is 11.1 Å². The molecule has 0 saturated heterocycles. The van der Waals surface area contributed by atoms with Crippen molar-refractivity contribution in [1.29, 1.82) is 0 Å². The number of hydrogen-bond donors (Lipinski definition) is 2. The number of aryl methyl sites for hydroxylation is 2. The third kappa shape index (κ3) is 2.91. The van der Waals surface area contributed by atoms with Crippen LogP contribution in [0.3, 0.4) is 0 Å². The summed E-state index contributed by atoms with van der Waals surface area (Å²) < 4.78 is 2.56. The lowest BCUT2D eigenvalue weighted by Gasteiger charge is -2.24. The average Bonchev–Trinajstić information content (AvgIpc) is 2.68. The van der Waals surface area contributed by atoms with Crippen LogP contribution in [0.15, 0.2) is 34.8 Å². The molecule has 1 unspecified atom stereocenters. The van der Waals surface area contributed by atoms with E-state index >= 15 is 0 Å². The van der Waals surface area contributed by atoms with E-state index < -0.39 is 5.54 Å². The SMILES string of the molecule is Cc1cc(NC(=O)C(C)(N)c2ccc(Br)cc2)n(C)n1. The van der Waals surface area contributed by atoms with Crippen molar-refractivity contribution in [2.45, 2.75) is 19.4 Å². The number of aromatic nitrogens is 2. The van der Waals surface area contributed by atoms with Crippen LogP contribution in [0.4, 0.5) is 5.82 Å². The van der Waals surface area contributed by atoms with E-state index in [0.717, 1.165) is 15.7 Å². The number of carbonyl (C=O) groups excluding carboxylic acids is 1. The number of halogens is 1. The standard InChI is InChI=1S/C14H17BrN4O/c1-9-8-12(19(3)18-9)17-13(20)14(2,16)10-4-6-11(15)7-5-10/h4-8H,16H2,1-3H3,(H,17,20). The van der Waals surface area contributed by atoms with Crippen LogP contribution < -0.4 is 11.1 Å². The molecule has 2 rings (SSSR count). The van der Waals surface area contributed by atoms with E-state index in [1.54, 1.807) is 24.7 Å². The molecule has 2 aromatic rings. The summed E-state index contributed by atoms with van der Waals surface area (Å²) in [7, 11) is 1.77. The summed E-state index contributed by atoms with van der Waals surface area (Å²) in [5.41, 5.74) is 6.65. The minimum absolute atomic E-state index is 0.275. The lowest BCUT2D eigenvalue weighted by molar-refractivity contribution is -0.120. The second-order valence-electron chi connectivity index (χ2n) is 4.96. The van der Waals surface area contributed by atoms with Gasteiger partial charge in [0.2, 0.25) is 5.91 Å². The van der Waals surface area contributed by atoms with Crippen LogP contribution in [0.5, 0.6) is 0 Å². The molecule has 0 aliphatic carbocycles. The maximum Gasteiger partial charge on any atom is 0.249 e. The first-order valence-electron chi connectivity index (χ1n) is 6.17. The van der Waals surface area contributed by atoms with Crippen LogP contribution in [0, 0.1) is 6.92 Å². The summed E-state index contributed by atoms with van der Waals surface area (Å²) in [6, 6.07) is 9.19. The Morgan fingerprint density at radius 2 is 2.00 bits per heavy atom. The van der Waals surface area contributed by atoms with Gasteiger partial charge in [-0.3, -0.25) is 9.48 Å². The monoisotopic (exact) mass is 336 g/mol. The van der Waals surface area contributed by atoms with Crippen LogP contribution in [-0.4, -0.2) is 15.7 Å². The normalized spacial score (nSPS) is 13.8. The smallest absolute Gasteiger partial charge is 0.249 e. The van der Waals surface area contributed by atoms with Crippen molar-refractivity contribution in [2.24, 2.45) is 12.8 Å². The maximum absolute atomic E-state index is 12.4. The maximum atomic E-state index is 12.4. The molecule has 0 radical (unpaired) electrons. The van der Waals surface area contributed by atoms with E-state index in [1.165, 1.54) is 0 Å². The minimum atomic E-state index is -1.11. The van der Waals surface area contributed by atoms with Gasteiger partial charge >= 0.3 is 0 Å². The summed E-state index contributed by atoms with van der Waals surface area (Å²) in [6.45, 7) is 3.56.